The standard InChI is InChI=1S/C27H30N4O6/c1-5-37-20-12-10-18(11-13-20)15-31-24(32)23-22(25(33)36-4)29-17-30(23)16-27(31,2)26(34)28-14-19-8-6-7-9-21(19)35-3/h6-13,17H,5,14-16H2,1-4H3,(H,28,34)/t27-/m0/s1. The molecule has 3 aromatic rings. The highest BCUT2D eigenvalue weighted by Gasteiger charge is 2.49. The summed E-state index contributed by atoms with van der Waals surface area (Å²) in [7, 11) is 2.80. The van der Waals surface area contributed by atoms with Crippen molar-refractivity contribution in [2.75, 3.05) is 20.8 Å². The Kier molecular flexibility index (Phi) is 7.47. The summed E-state index contributed by atoms with van der Waals surface area (Å²) in [6, 6.07) is 14.7. The molecule has 0 bridgehead atoms. The first kappa shape index (κ1) is 25.7. The molecule has 10 heteroatoms. The van der Waals surface area contributed by atoms with Crippen LogP contribution in [0.15, 0.2) is 54.9 Å². The van der Waals surface area contributed by atoms with Crippen molar-refractivity contribution in [3.8, 4) is 11.5 Å². The fourth-order valence-corrected chi connectivity index (χ4v) is 4.44. The van der Waals surface area contributed by atoms with Crippen LogP contribution in [0.2, 0.25) is 0 Å². The zero-order valence-corrected chi connectivity index (χ0v) is 21.3. The molecule has 10 nitrogen and oxygen atoms in total. The quantitative estimate of drug-likeness (QED) is 0.444. The van der Waals surface area contributed by atoms with E-state index in [0.717, 1.165) is 11.1 Å². The maximum atomic E-state index is 13.8. The average molecular weight is 507 g/mol. The molecule has 2 amide bonds. The maximum Gasteiger partial charge on any atom is 0.359 e. The molecular formula is C27H30N4O6. The summed E-state index contributed by atoms with van der Waals surface area (Å²) < 4.78 is 17.3. The molecule has 1 aliphatic heterocycles. The number of methoxy groups -OCH3 is 2. The van der Waals surface area contributed by atoms with E-state index < -0.39 is 17.4 Å². The lowest BCUT2D eigenvalue weighted by atomic mass is 9.93. The van der Waals surface area contributed by atoms with Crippen LogP contribution in [0.1, 0.15) is 46.0 Å². The van der Waals surface area contributed by atoms with Gasteiger partial charge in [-0.15, -0.1) is 0 Å². The minimum atomic E-state index is -1.28. The van der Waals surface area contributed by atoms with Crippen LogP contribution in [0.25, 0.3) is 0 Å². The third-order valence-corrected chi connectivity index (χ3v) is 6.43. The number of carbonyl (C=O) groups is 3. The number of rotatable bonds is 9. The normalized spacial score (nSPS) is 16.6. The number of para-hydroxylation sites is 1. The number of nitrogens with zero attached hydrogens (tertiary/aromatic N) is 3. The van der Waals surface area contributed by atoms with Crippen LogP contribution >= 0.6 is 0 Å². The second-order valence-corrected chi connectivity index (χ2v) is 8.80. The van der Waals surface area contributed by atoms with E-state index in [1.807, 2.05) is 55.5 Å². The minimum Gasteiger partial charge on any atom is -0.496 e. The van der Waals surface area contributed by atoms with Gasteiger partial charge in [0, 0.05) is 18.7 Å². The highest BCUT2D eigenvalue weighted by Crippen LogP contribution is 2.31. The van der Waals surface area contributed by atoms with Gasteiger partial charge in [0.25, 0.3) is 5.91 Å². The lowest BCUT2D eigenvalue weighted by Gasteiger charge is -2.43. The molecule has 0 saturated carbocycles. The van der Waals surface area contributed by atoms with E-state index in [4.69, 9.17) is 14.2 Å². The molecule has 1 atom stereocenters. The number of aromatic nitrogens is 2. The molecule has 0 aliphatic carbocycles. The first-order valence-electron chi connectivity index (χ1n) is 11.9. The topological polar surface area (TPSA) is 112 Å². The molecule has 0 spiro atoms. The first-order chi connectivity index (χ1) is 17.8. The molecule has 0 fully saturated rings. The van der Waals surface area contributed by atoms with E-state index in [9.17, 15) is 14.4 Å². The van der Waals surface area contributed by atoms with Crippen molar-refractivity contribution in [2.45, 2.75) is 39.0 Å². The number of carbonyl (C=O) groups excluding carboxylic acids is 3. The van der Waals surface area contributed by atoms with Gasteiger partial charge in [0.2, 0.25) is 5.91 Å². The molecule has 4 rings (SSSR count). The highest BCUT2D eigenvalue weighted by molar-refractivity contribution is 6.06. The van der Waals surface area contributed by atoms with Crippen molar-refractivity contribution in [3.63, 3.8) is 0 Å². The van der Waals surface area contributed by atoms with Gasteiger partial charge in [-0.25, -0.2) is 9.78 Å². The number of ether oxygens (including phenoxy) is 3. The molecule has 2 heterocycles. The zero-order chi connectivity index (χ0) is 26.6. The van der Waals surface area contributed by atoms with E-state index in [-0.39, 0.29) is 36.9 Å². The van der Waals surface area contributed by atoms with Gasteiger partial charge in [0.15, 0.2) is 5.69 Å². The number of amides is 2. The molecule has 1 aliphatic rings. The van der Waals surface area contributed by atoms with Gasteiger partial charge in [-0.3, -0.25) is 9.59 Å². The van der Waals surface area contributed by atoms with Crippen molar-refractivity contribution in [3.05, 3.63) is 77.4 Å². The van der Waals surface area contributed by atoms with Gasteiger partial charge in [-0.1, -0.05) is 30.3 Å². The Morgan fingerprint density at radius 2 is 1.84 bits per heavy atom. The summed E-state index contributed by atoms with van der Waals surface area (Å²) in [5.74, 6) is -0.199. The van der Waals surface area contributed by atoms with Crippen molar-refractivity contribution < 1.29 is 28.6 Å². The Bertz CT molecular complexity index is 1300. The highest BCUT2D eigenvalue weighted by atomic mass is 16.5. The van der Waals surface area contributed by atoms with Crippen molar-refractivity contribution in [1.82, 2.24) is 19.8 Å². The van der Waals surface area contributed by atoms with Crippen LogP contribution < -0.4 is 14.8 Å². The molecule has 2 aromatic carbocycles. The van der Waals surface area contributed by atoms with Crippen molar-refractivity contribution in [1.29, 1.82) is 0 Å². The molecule has 37 heavy (non-hydrogen) atoms. The predicted molar refractivity (Wildman–Crippen MR) is 134 cm³/mol. The number of imidazole rings is 1. The molecular weight excluding hydrogens is 476 g/mol. The Balaban J connectivity index is 1.67. The molecule has 1 N–H and O–H groups in total. The lowest BCUT2D eigenvalue weighted by Crippen LogP contribution is -2.63. The predicted octanol–water partition coefficient (Wildman–Crippen LogP) is 2.81. The summed E-state index contributed by atoms with van der Waals surface area (Å²) in [6.45, 7) is 4.60. The maximum absolute atomic E-state index is 13.8. The Morgan fingerprint density at radius 3 is 2.51 bits per heavy atom. The second-order valence-electron chi connectivity index (χ2n) is 8.80. The van der Waals surface area contributed by atoms with Crippen LogP contribution in [0.5, 0.6) is 11.5 Å². The fourth-order valence-electron chi connectivity index (χ4n) is 4.44. The monoisotopic (exact) mass is 506 g/mol. The van der Waals surface area contributed by atoms with Crippen LogP contribution in [0.4, 0.5) is 0 Å². The van der Waals surface area contributed by atoms with Crippen LogP contribution in [0.3, 0.4) is 0 Å². The summed E-state index contributed by atoms with van der Waals surface area (Å²) >= 11 is 0. The van der Waals surface area contributed by atoms with Gasteiger partial charge in [0.1, 0.15) is 22.7 Å². The van der Waals surface area contributed by atoms with Gasteiger partial charge in [-0.2, -0.15) is 0 Å². The third-order valence-electron chi connectivity index (χ3n) is 6.43. The summed E-state index contributed by atoms with van der Waals surface area (Å²) in [6.07, 6.45) is 1.39. The van der Waals surface area contributed by atoms with Crippen LogP contribution in [-0.4, -0.2) is 58.6 Å². The number of esters is 1. The zero-order valence-electron chi connectivity index (χ0n) is 21.3. The summed E-state index contributed by atoms with van der Waals surface area (Å²) in [5, 5.41) is 2.96. The van der Waals surface area contributed by atoms with Gasteiger partial charge in [-0.05, 0) is 37.6 Å². The number of hydrogen-bond acceptors (Lipinski definition) is 7. The lowest BCUT2D eigenvalue weighted by molar-refractivity contribution is -0.133. The van der Waals surface area contributed by atoms with Crippen LogP contribution in [0, 0.1) is 0 Å². The fraction of sp³-hybridized carbons (Fsp3) is 0.333. The smallest absolute Gasteiger partial charge is 0.359 e. The van der Waals surface area contributed by atoms with Gasteiger partial charge in [0.05, 0.1) is 33.7 Å². The third kappa shape index (κ3) is 5.00. The first-order valence-corrected chi connectivity index (χ1v) is 11.9. The van der Waals surface area contributed by atoms with Gasteiger partial charge < -0.3 is 29.0 Å². The van der Waals surface area contributed by atoms with E-state index in [0.29, 0.717) is 18.1 Å². The van der Waals surface area contributed by atoms with E-state index in [2.05, 4.69) is 10.3 Å². The summed E-state index contributed by atoms with van der Waals surface area (Å²) in [4.78, 5) is 45.4. The largest absolute Gasteiger partial charge is 0.496 e. The van der Waals surface area contributed by atoms with Crippen molar-refractivity contribution >= 4 is 17.8 Å². The second kappa shape index (κ2) is 10.7. The van der Waals surface area contributed by atoms with Crippen LogP contribution in [-0.2, 0) is 29.2 Å². The molecule has 0 unspecified atom stereocenters. The van der Waals surface area contributed by atoms with Gasteiger partial charge >= 0.3 is 5.97 Å². The molecule has 1 aromatic heterocycles. The molecule has 0 radical (unpaired) electrons. The molecule has 0 saturated heterocycles. The Hall–Kier alpha value is -4.34. The number of nitrogens with one attached hydrogen (secondary N) is 1. The van der Waals surface area contributed by atoms with E-state index in [1.54, 1.807) is 14.0 Å². The van der Waals surface area contributed by atoms with Crippen molar-refractivity contribution in [2.24, 2.45) is 0 Å². The number of fused-ring (bicyclic) bond motifs is 1. The Labute approximate surface area is 215 Å². The van der Waals surface area contributed by atoms with E-state index in [1.165, 1.54) is 22.9 Å². The molecule has 194 valence electrons. The number of benzene rings is 2. The average Bonchev–Trinajstić information content (AvgIpc) is 3.34. The Morgan fingerprint density at radius 1 is 1.11 bits per heavy atom. The van der Waals surface area contributed by atoms with E-state index >= 15 is 0 Å². The minimum absolute atomic E-state index is 0.0827. The summed E-state index contributed by atoms with van der Waals surface area (Å²) in [5.41, 5.74) is 0.332. The SMILES string of the molecule is CCOc1ccc(CN2C(=O)c3c(C(=O)OC)ncn3C[C@@]2(C)C(=O)NCc2ccccc2OC)cc1. The number of hydrogen-bond donors (Lipinski definition) is 1.